The number of rotatable bonds is 3. The first-order valence-corrected chi connectivity index (χ1v) is 6.28. The number of ether oxygens (including phenoxy) is 1. The number of benzene rings is 1. The van der Waals surface area contributed by atoms with Gasteiger partial charge in [-0.05, 0) is 19.4 Å². The molecule has 2 rings (SSSR count). The van der Waals surface area contributed by atoms with Crippen molar-refractivity contribution in [1.82, 2.24) is 5.32 Å². The Balaban J connectivity index is 1.96. The zero-order valence-corrected chi connectivity index (χ0v) is 10.8. The van der Waals surface area contributed by atoms with Crippen LogP contribution in [0.4, 0.5) is 0 Å². The van der Waals surface area contributed by atoms with Gasteiger partial charge in [0.2, 0.25) is 5.91 Å². The van der Waals surface area contributed by atoms with Crippen LogP contribution in [0, 0.1) is 12.8 Å². The molecule has 0 bridgehead atoms. The Morgan fingerprint density at radius 1 is 1.39 bits per heavy atom. The van der Waals surface area contributed by atoms with E-state index in [0.29, 0.717) is 13.2 Å². The fraction of sp³-hybridized carbons (Fsp3) is 0.500. The zero-order chi connectivity index (χ0) is 13.1. The second kappa shape index (κ2) is 5.50. The summed E-state index contributed by atoms with van der Waals surface area (Å²) in [6.07, 6.45) is 0. The van der Waals surface area contributed by atoms with Crippen molar-refractivity contribution in [2.24, 2.45) is 11.7 Å². The zero-order valence-electron chi connectivity index (χ0n) is 10.8. The van der Waals surface area contributed by atoms with Crippen LogP contribution < -0.4 is 11.1 Å². The lowest BCUT2D eigenvalue weighted by Crippen LogP contribution is -2.41. The lowest BCUT2D eigenvalue weighted by molar-refractivity contribution is -0.125. The highest BCUT2D eigenvalue weighted by Crippen LogP contribution is 2.16. The lowest BCUT2D eigenvalue weighted by atomic mass is 10.0. The lowest BCUT2D eigenvalue weighted by Gasteiger charge is -2.19. The fourth-order valence-electron chi connectivity index (χ4n) is 2.10. The van der Waals surface area contributed by atoms with Gasteiger partial charge in [-0.1, -0.05) is 29.8 Å². The summed E-state index contributed by atoms with van der Waals surface area (Å²) in [5.74, 6) is -0.244. The number of nitrogens with one attached hydrogen (secondary N) is 1. The maximum atomic E-state index is 12.0. The molecule has 0 radical (unpaired) electrons. The third-order valence-corrected chi connectivity index (χ3v) is 3.40. The minimum Gasteiger partial charge on any atom is -0.379 e. The van der Waals surface area contributed by atoms with Crippen LogP contribution in [0.1, 0.15) is 24.1 Å². The SMILES string of the molecule is Cc1ccc(C(C)NC(=O)C2COCC2N)cc1. The van der Waals surface area contributed by atoms with E-state index in [1.807, 2.05) is 38.1 Å². The van der Waals surface area contributed by atoms with Gasteiger partial charge in [0.25, 0.3) is 0 Å². The van der Waals surface area contributed by atoms with Crippen molar-refractivity contribution >= 4 is 5.91 Å². The van der Waals surface area contributed by atoms with E-state index in [1.165, 1.54) is 5.56 Å². The third-order valence-electron chi connectivity index (χ3n) is 3.40. The van der Waals surface area contributed by atoms with Gasteiger partial charge in [-0.25, -0.2) is 0 Å². The second-order valence-corrected chi connectivity index (χ2v) is 4.95. The van der Waals surface area contributed by atoms with Crippen molar-refractivity contribution in [3.63, 3.8) is 0 Å². The molecule has 3 atom stereocenters. The molecule has 0 spiro atoms. The van der Waals surface area contributed by atoms with Crippen LogP contribution >= 0.6 is 0 Å². The molecule has 1 fully saturated rings. The van der Waals surface area contributed by atoms with E-state index in [1.54, 1.807) is 0 Å². The van der Waals surface area contributed by atoms with Crippen molar-refractivity contribution in [1.29, 1.82) is 0 Å². The monoisotopic (exact) mass is 248 g/mol. The van der Waals surface area contributed by atoms with Crippen LogP contribution in [0.5, 0.6) is 0 Å². The molecule has 1 aromatic carbocycles. The molecule has 1 aliphatic heterocycles. The summed E-state index contributed by atoms with van der Waals surface area (Å²) in [6, 6.07) is 7.96. The third kappa shape index (κ3) is 2.89. The number of amides is 1. The predicted molar refractivity (Wildman–Crippen MR) is 70.0 cm³/mol. The van der Waals surface area contributed by atoms with Crippen molar-refractivity contribution in [2.75, 3.05) is 13.2 Å². The number of aryl methyl sites for hydroxylation is 1. The number of carbonyl (C=O) groups is 1. The van der Waals surface area contributed by atoms with Crippen molar-refractivity contribution in [2.45, 2.75) is 25.9 Å². The van der Waals surface area contributed by atoms with Crippen LogP contribution in [0.3, 0.4) is 0 Å². The summed E-state index contributed by atoms with van der Waals surface area (Å²) in [4.78, 5) is 12.0. The smallest absolute Gasteiger partial charge is 0.227 e. The molecule has 4 heteroatoms. The molecule has 1 aromatic rings. The predicted octanol–water partition coefficient (Wildman–Crippen LogP) is 1.15. The highest BCUT2D eigenvalue weighted by atomic mass is 16.5. The number of carbonyl (C=O) groups excluding carboxylic acids is 1. The average molecular weight is 248 g/mol. The van der Waals surface area contributed by atoms with Gasteiger partial charge in [-0.3, -0.25) is 4.79 Å². The summed E-state index contributed by atoms with van der Waals surface area (Å²) in [5, 5.41) is 2.99. The summed E-state index contributed by atoms with van der Waals surface area (Å²) in [6.45, 7) is 4.91. The van der Waals surface area contributed by atoms with Gasteiger partial charge in [0.1, 0.15) is 0 Å². The van der Waals surface area contributed by atoms with Gasteiger partial charge in [0.05, 0.1) is 25.2 Å². The highest BCUT2D eigenvalue weighted by molar-refractivity contribution is 5.80. The van der Waals surface area contributed by atoms with Crippen LogP contribution in [-0.4, -0.2) is 25.2 Å². The summed E-state index contributed by atoms with van der Waals surface area (Å²) < 4.78 is 5.21. The molecular formula is C14H20N2O2. The van der Waals surface area contributed by atoms with Crippen LogP contribution in [-0.2, 0) is 9.53 Å². The van der Waals surface area contributed by atoms with Gasteiger partial charge in [0, 0.05) is 6.04 Å². The maximum Gasteiger partial charge on any atom is 0.227 e. The second-order valence-electron chi connectivity index (χ2n) is 4.95. The Bertz CT molecular complexity index is 416. The van der Waals surface area contributed by atoms with E-state index in [-0.39, 0.29) is 23.9 Å². The molecule has 3 N–H and O–H groups in total. The summed E-state index contributed by atoms with van der Waals surface area (Å²) >= 11 is 0. The maximum absolute atomic E-state index is 12.0. The van der Waals surface area contributed by atoms with Gasteiger partial charge in [-0.15, -0.1) is 0 Å². The van der Waals surface area contributed by atoms with E-state index in [2.05, 4.69) is 5.32 Å². The van der Waals surface area contributed by atoms with Crippen molar-refractivity contribution < 1.29 is 9.53 Å². The molecule has 1 amide bonds. The first kappa shape index (κ1) is 13.1. The Kier molecular flexibility index (Phi) is 3.99. The number of hydrogen-bond acceptors (Lipinski definition) is 3. The first-order valence-electron chi connectivity index (χ1n) is 6.28. The summed E-state index contributed by atoms with van der Waals surface area (Å²) in [5.41, 5.74) is 8.14. The minimum atomic E-state index is -0.224. The normalized spacial score (nSPS) is 24.8. The Hall–Kier alpha value is -1.39. The molecule has 1 aliphatic rings. The topological polar surface area (TPSA) is 64.3 Å². The molecule has 0 aromatic heterocycles. The van der Waals surface area contributed by atoms with E-state index in [0.717, 1.165) is 5.56 Å². The Morgan fingerprint density at radius 2 is 2.06 bits per heavy atom. The molecule has 1 saturated heterocycles. The van der Waals surface area contributed by atoms with E-state index in [4.69, 9.17) is 10.5 Å². The van der Waals surface area contributed by atoms with E-state index in [9.17, 15) is 4.79 Å². The van der Waals surface area contributed by atoms with Crippen LogP contribution in [0.15, 0.2) is 24.3 Å². The first-order chi connectivity index (χ1) is 8.58. The Labute approximate surface area is 108 Å². The van der Waals surface area contributed by atoms with E-state index < -0.39 is 0 Å². The van der Waals surface area contributed by atoms with Gasteiger partial charge >= 0.3 is 0 Å². The molecular weight excluding hydrogens is 228 g/mol. The highest BCUT2D eigenvalue weighted by Gasteiger charge is 2.31. The average Bonchev–Trinajstić information content (AvgIpc) is 2.76. The molecule has 0 saturated carbocycles. The molecule has 1 heterocycles. The van der Waals surface area contributed by atoms with Gasteiger partial charge < -0.3 is 15.8 Å². The number of hydrogen-bond donors (Lipinski definition) is 2. The van der Waals surface area contributed by atoms with Gasteiger partial charge in [0.15, 0.2) is 0 Å². The molecule has 4 nitrogen and oxygen atoms in total. The van der Waals surface area contributed by atoms with Crippen LogP contribution in [0.25, 0.3) is 0 Å². The fourth-order valence-corrected chi connectivity index (χ4v) is 2.10. The molecule has 3 unspecified atom stereocenters. The molecule has 18 heavy (non-hydrogen) atoms. The molecule has 0 aliphatic carbocycles. The van der Waals surface area contributed by atoms with Gasteiger partial charge in [-0.2, -0.15) is 0 Å². The van der Waals surface area contributed by atoms with E-state index >= 15 is 0 Å². The standard InChI is InChI=1S/C14H20N2O2/c1-9-3-5-11(6-4-9)10(2)16-14(17)12-7-18-8-13(12)15/h3-6,10,12-13H,7-8,15H2,1-2H3,(H,16,17). The van der Waals surface area contributed by atoms with Crippen molar-refractivity contribution in [3.8, 4) is 0 Å². The Morgan fingerprint density at radius 3 is 2.61 bits per heavy atom. The molecule has 98 valence electrons. The number of nitrogens with two attached hydrogens (primary N) is 1. The van der Waals surface area contributed by atoms with Crippen LogP contribution in [0.2, 0.25) is 0 Å². The quantitative estimate of drug-likeness (QED) is 0.843. The largest absolute Gasteiger partial charge is 0.379 e. The minimum absolute atomic E-state index is 0.00843. The summed E-state index contributed by atoms with van der Waals surface area (Å²) in [7, 11) is 0. The van der Waals surface area contributed by atoms with Crippen molar-refractivity contribution in [3.05, 3.63) is 35.4 Å².